The summed E-state index contributed by atoms with van der Waals surface area (Å²) in [6.07, 6.45) is 6.82. The lowest BCUT2D eigenvalue weighted by Gasteiger charge is -2.26. The maximum Gasteiger partial charge on any atom is 0.226 e. The van der Waals surface area contributed by atoms with Gasteiger partial charge in [0.2, 0.25) is 11.8 Å². The minimum atomic E-state index is 0.171. The molecular formula is C22H30N2O2. The summed E-state index contributed by atoms with van der Waals surface area (Å²) in [6.45, 7) is 6.31. The van der Waals surface area contributed by atoms with Crippen molar-refractivity contribution >= 4 is 5.91 Å². The molecule has 0 saturated heterocycles. The Labute approximate surface area is 156 Å². The van der Waals surface area contributed by atoms with Crippen LogP contribution in [-0.4, -0.2) is 16.9 Å². The van der Waals surface area contributed by atoms with Crippen molar-refractivity contribution < 1.29 is 9.21 Å². The van der Waals surface area contributed by atoms with Crippen LogP contribution in [0.25, 0.3) is 11.5 Å². The lowest BCUT2D eigenvalue weighted by molar-refractivity contribution is -0.122. The van der Waals surface area contributed by atoms with Gasteiger partial charge in [-0.25, -0.2) is 4.98 Å². The number of hydrogen-bond donors (Lipinski definition) is 1. The summed E-state index contributed by atoms with van der Waals surface area (Å²) in [7, 11) is 0. The van der Waals surface area contributed by atoms with E-state index >= 15 is 0 Å². The number of rotatable bonds is 6. The van der Waals surface area contributed by atoms with Crippen LogP contribution in [0.2, 0.25) is 0 Å². The minimum Gasteiger partial charge on any atom is -0.441 e. The van der Waals surface area contributed by atoms with Gasteiger partial charge in [-0.05, 0) is 70.4 Å². The zero-order valence-electron chi connectivity index (χ0n) is 16.2. The van der Waals surface area contributed by atoms with E-state index in [-0.39, 0.29) is 5.91 Å². The molecule has 0 aliphatic heterocycles. The van der Waals surface area contributed by atoms with E-state index in [1.54, 1.807) is 0 Å². The molecule has 0 unspecified atom stereocenters. The van der Waals surface area contributed by atoms with Crippen LogP contribution in [0.4, 0.5) is 0 Å². The Balaban J connectivity index is 1.48. The molecule has 1 aromatic heterocycles. The average molecular weight is 354 g/mol. The fourth-order valence-corrected chi connectivity index (χ4v) is 3.68. The van der Waals surface area contributed by atoms with E-state index in [1.807, 2.05) is 19.1 Å². The normalized spacial score (nSPS) is 20.1. The summed E-state index contributed by atoms with van der Waals surface area (Å²) < 4.78 is 5.83. The first kappa shape index (κ1) is 18.7. The molecule has 26 heavy (non-hydrogen) atoms. The highest BCUT2D eigenvalue weighted by Gasteiger charge is 2.19. The van der Waals surface area contributed by atoms with Gasteiger partial charge in [0.15, 0.2) is 0 Å². The molecule has 1 saturated carbocycles. The Bertz CT molecular complexity index is 742. The molecule has 0 atom stereocenters. The van der Waals surface area contributed by atoms with E-state index in [9.17, 15) is 4.79 Å². The van der Waals surface area contributed by atoms with E-state index in [2.05, 4.69) is 36.3 Å². The van der Waals surface area contributed by atoms with Gasteiger partial charge in [-0.2, -0.15) is 0 Å². The maximum absolute atomic E-state index is 12.2. The molecule has 1 fully saturated rings. The number of amides is 1. The second-order valence-electron chi connectivity index (χ2n) is 7.77. The molecule has 140 valence electrons. The number of carbonyl (C=O) groups is 1. The summed E-state index contributed by atoms with van der Waals surface area (Å²) in [5.74, 6) is 2.50. The topological polar surface area (TPSA) is 55.1 Å². The summed E-state index contributed by atoms with van der Waals surface area (Å²) in [5.41, 5.74) is 3.15. The Kier molecular flexibility index (Phi) is 6.12. The maximum atomic E-state index is 12.2. The van der Waals surface area contributed by atoms with Gasteiger partial charge in [0.1, 0.15) is 5.76 Å². The first-order valence-electron chi connectivity index (χ1n) is 9.84. The fourth-order valence-electron chi connectivity index (χ4n) is 3.68. The molecule has 2 aromatic rings. The largest absolute Gasteiger partial charge is 0.441 e. The van der Waals surface area contributed by atoms with Crippen molar-refractivity contribution in [2.24, 2.45) is 5.92 Å². The molecule has 1 N–H and O–H groups in total. The van der Waals surface area contributed by atoms with Crippen molar-refractivity contribution in [2.75, 3.05) is 0 Å². The summed E-state index contributed by atoms with van der Waals surface area (Å²) in [5, 5.41) is 3.19. The number of aromatic nitrogens is 1. The first-order chi connectivity index (χ1) is 12.5. The fraction of sp³-hybridized carbons (Fsp3) is 0.545. The molecule has 4 heteroatoms. The lowest BCUT2D eigenvalue weighted by Crippen LogP contribution is -2.37. The van der Waals surface area contributed by atoms with Crippen LogP contribution in [0.5, 0.6) is 0 Å². The molecule has 4 nitrogen and oxygen atoms in total. The zero-order valence-corrected chi connectivity index (χ0v) is 16.2. The smallest absolute Gasteiger partial charge is 0.226 e. The van der Waals surface area contributed by atoms with Crippen molar-refractivity contribution in [3.05, 3.63) is 41.3 Å². The first-order valence-corrected chi connectivity index (χ1v) is 9.84. The third-order valence-corrected chi connectivity index (χ3v) is 5.36. The predicted molar refractivity (Wildman–Crippen MR) is 104 cm³/mol. The summed E-state index contributed by atoms with van der Waals surface area (Å²) in [6, 6.07) is 8.54. The van der Waals surface area contributed by atoms with E-state index in [4.69, 9.17) is 4.42 Å². The van der Waals surface area contributed by atoms with Crippen LogP contribution in [0.3, 0.4) is 0 Å². The average Bonchev–Trinajstić information content (AvgIpc) is 2.98. The molecule has 0 radical (unpaired) electrons. The molecule has 1 heterocycles. The van der Waals surface area contributed by atoms with Crippen molar-refractivity contribution in [2.45, 2.75) is 71.8 Å². The monoisotopic (exact) mass is 354 g/mol. The van der Waals surface area contributed by atoms with Gasteiger partial charge in [-0.15, -0.1) is 0 Å². The number of aryl methyl sites for hydroxylation is 3. The van der Waals surface area contributed by atoms with Crippen LogP contribution in [0.15, 0.2) is 28.7 Å². The van der Waals surface area contributed by atoms with Crippen molar-refractivity contribution in [1.82, 2.24) is 10.3 Å². The van der Waals surface area contributed by atoms with Crippen molar-refractivity contribution in [3.8, 4) is 11.5 Å². The van der Waals surface area contributed by atoms with Gasteiger partial charge in [-0.1, -0.05) is 24.6 Å². The minimum absolute atomic E-state index is 0.171. The predicted octanol–water partition coefficient (Wildman–Crippen LogP) is 4.98. The van der Waals surface area contributed by atoms with Gasteiger partial charge < -0.3 is 9.73 Å². The lowest BCUT2D eigenvalue weighted by atomic mass is 9.87. The van der Waals surface area contributed by atoms with Crippen LogP contribution < -0.4 is 5.32 Å². The third kappa shape index (κ3) is 4.96. The number of hydrogen-bond acceptors (Lipinski definition) is 3. The van der Waals surface area contributed by atoms with Gasteiger partial charge in [0.25, 0.3) is 0 Å². The second kappa shape index (κ2) is 8.52. The Morgan fingerprint density at radius 1 is 1.23 bits per heavy atom. The molecule has 0 spiro atoms. The number of nitrogens with zero attached hydrogens (tertiary/aromatic N) is 1. The highest BCUT2D eigenvalue weighted by atomic mass is 16.4. The van der Waals surface area contributed by atoms with E-state index in [1.165, 1.54) is 18.4 Å². The number of nitrogens with one attached hydrogen (secondary N) is 1. The quantitative estimate of drug-likeness (QED) is 0.796. The zero-order chi connectivity index (χ0) is 18.5. The Morgan fingerprint density at radius 2 is 2.00 bits per heavy atom. The Morgan fingerprint density at radius 3 is 2.73 bits per heavy atom. The molecule has 1 amide bonds. The molecule has 0 bridgehead atoms. The number of carbonyl (C=O) groups excluding carboxylic acids is 1. The van der Waals surface area contributed by atoms with Crippen molar-refractivity contribution in [3.63, 3.8) is 0 Å². The van der Waals surface area contributed by atoms with E-state index in [0.717, 1.165) is 48.6 Å². The van der Waals surface area contributed by atoms with Crippen LogP contribution in [0.1, 0.15) is 62.5 Å². The van der Waals surface area contributed by atoms with Gasteiger partial charge >= 0.3 is 0 Å². The molecule has 1 aliphatic rings. The molecule has 1 aromatic carbocycles. The third-order valence-electron chi connectivity index (χ3n) is 5.36. The summed E-state index contributed by atoms with van der Waals surface area (Å²) >= 11 is 0. The van der Waals surface area contributed by atoms with Crippen molar-refractivity contribution in [1.29, 1.82) is 0 Å². The van der Waals surface area contributed by atoms with E-state index < -0.39 is 0 Å². The highest BCUT2D eigenvalue weighted by Crippen LogP contribution is 2.24. The number of benzene rings is 1. The van der Waals surface area contributed by atoms with Gasteiger partial charge in [0.05, 0.1) is 5.69 Å². The molecule has 1 aliphatic carbocycles. The second-order valence-corrected chi connectivity index (χ2v) is 7.77. The Hall–Kier alpha value is -2.10. The number of oxazole rings is 1. The van der Waals surface area contributed by atoms with Gasteiger partial charge in [-0.3, -0.25) is 4.79 Å². The van der Waals surface area contributed by atoms with Crippen LogP contribution in [0, 0.1) is 19.8 Å². The van der Waals surface area contributed by atoms with Crippen LogP contribution in [-0.2, 0) is 11.2 Å². The van der Waals surface area contributed by atoms with E-state index in [0.29, 0.717) is 18.4 Å². The molecule has 3 rings (SSSR count). The van der Waals surface area contributed by atoms with Crippen LogP contribution >= 0.6 is 0 Å². The highest BCUT2D eigenvalue weighted by molar-refractivity contribution is 5.76. The summed E-state index contributed by atoms with van der Waals surface area (Å²) in [4.78, 5) is 16.8. The standard InChI is InChI=1S/C22H30N2O2/c1-15-10-12-19(13-11-15)23-21(25)9-5-8-20-17(3)26-22(24-20)18-7-4-6-16(2)14-18/h4,6-7,14-15,19H,5,8-13H2,1-3H3,(H,23,25). The van der Waals surface area contributed by atoms with Gasteiger partial charge in [0, 0.05) is 18.0 Å². The SMILES string of the molecule is Cc1cccc(-c2nc(CCCC(=O)NC3CCC(C)CC3)c(C)o2)c1. The molecular weight excluding hydrogens is 324 g/mol.